The minimum absolute atomic E-state index is 0.111. The number of hydrogen-bond donors (Lipinski definition) is 1. The first-order chi connectivity index (χ1) is 6.62. The summed E-state index contributed by atoms with van der Waals surface area (Å²) >= 11 is 0. The van der Waals surface area contributed by atoms with Gasteiger partial charge < -0.3 is 5.32 Å². The van der Waals surface area contributed by atoms with E-state index >= 15 is 0 Å². The summed E-state index contributed by atoms with van der Waals surface area (Å²) in [6, 6.07) is 8.22. The minimum atomic E-state index is 0.111. The Morgan fingerprint density at radius 1 is 1.43 bits per heavy atom. The van der Waals surface area contributed by atoms with Crippen molar-refractivity contribution in [3.8, 4) is 6.07 Å². The van der Waals surface area contributed by atoms with E-state index in [0.29, 0.717) is 0 Å². The van der Waals surface area contributed by atoms with Gasteiger partial charge in [0, 0.05) is 12.1 Å². The van der Waals surface area contributed by atoms with E-state index in [1.807, 2.05) is 12.1 Å². The number of nitriles is 1. The van der Waals surface area contributed by atoms with Crippen LogP contribution >= 0.6 is 0 Å². The molecule has 0 radical (unpaired) electrons. The van der Waals surface area contributed by atoms with Crippen molar-refractivity contribution in [1.82, 2.24) is 5.32 Å². The average molecular weight is 186 g/mol. The summed E-state index contributed by atoms with van der Waals surface area (Å²) in [4.78, 5) is 0. The van der Waals surface area contributed by atoms with Crippen molar-refractivity contribution in [2.75, 3.05) is 0 Å². The molecule has 1 aromatic carbocycles. The van der Waals surface area contributed by atoms with Gasteiger partial charge in [0.2, 0.25) is 0 Å². The van der Waals surface area contributed by atoms with Gasteiger partial charge in [-0.3, -0.25) is 0 Å². The molecule has 0 unspecified atom stereocenters. The van der Waals surface area contributed by atoms with Crippen molar-refractivity contribution < 1.29 is 0 Å². The maximum atomic E-state index is 8.99. The quantitative estimate of drug-likeness (QED) is 0.672. The van der Waals surface area contributed by atoms with Crippen LogP contribution in [0.5, 0.6) is 0 Å². The van der Waals surface area contributed by atoms with E-state index in [4.69, 9.17) is 5.26 Å². The summed E-state index contributed by atoms with van der Waals surface area (Å²) in [7, 11) is 0. The highest BCUT2D eigenvalue weighted by Crippen LogP contribution is 2.25. The Balaban J connectivity index is 2.49. The van der Waals surface area contributed by atoms with Crippen LogP contribution in [0.25, 0.3) is 0 Å². The van der Waals surface area contributed by atoms with Gasteiger partial charge in [-0.15, -0.1) is 0 Å². The van der Waals surface area contributed by atoms with Gasteiger partial charge in [-0.2, -0.15) is 5.26 Å². The van der Waals surface area contributed by atoms with E-state index in [0.717, 1.165) is 18.5 Å². The zero-order valence-electron chi connectivity index (χ0n) is 8.59. The summed E-state index contributed by atoms with van der Waals surface area (Å²) in [5.74, 6) is 0. The lowest BCUT2D eigenvalue weighted by molar-refractivity contribution is 0.362. The molecule has 2 heteroatoms. The first-order valence-corrected chi connectivity index (χ1v) is 4.88. The first-order valence-electron chi connectivity index (χ1n) is 4.88. The van der Waals surface area contributed by atoms with Gasteiger partial charge in [0.1, 0.15) is 0 Å². The summed E-state index contributed by atoms with van der Waals surface area (Å²) in [6.45, 7) is 5.21. The molecule has 0 atom stereocenters. The summed E-state index contributed by atoms with van der Waals surface area (Å²) in [5.41, 5.74) is 3.43. The fourth-order valence-electron chi connectivity index (χ4n) is 1.95. The molecule has 0 amide bonds. The molecule has 14 heavy (non-hydrogen) atoms. The van der Waals surface area contributed by atoms with Gasteiger partial charge in [0.25, 0.3) is 0 Å². The van der Waals surface area contributed by atoms with Gasteiger partial charge >= 0.3 is 0 Å². The molecular formula is C12H14N2. The Kier molecular flexibility index (Phi) is 2.05. The van der Waals surface area contributed by atoms with Crippen LogP contribution in [-0.4, -0.2) is 5.54 Å². The van der Waals surface area contributed by atoms with Crippen molar-refractivity contribution in [2.45, 2.75) is 32.4 Å². The average Bonchev–Trinajstić information content (AvgIpc) is 2.15. The molecule has 0 saturated heterocycles. The Hall–Kier alpha value is -1.33. The second kappa shape index (κ2) is 3.11. The Bertz CT molecular complexity index is 399. The van der Waals surface area contributed by atoms with E-state index in [1.54, 1.807) is 0 Å². The number of nitrogens with zero attached hydrogens (tertiary/aromatic N) is 1. The fourth-order valence-corrected chi connectivity index (χ4v) is 1.95. The van der Waals surface area contributed by atoms with Crippen molar-refractivity contribution >= 4 is 0 Å². The third-order valence-electron chi connectivity index (χ3n) is 2.77. The van der Waals surface area contributed by atoms with E-state index in [2.05, 4.69) is 31.3 Å². The third-order valence-corrected chi connectivity index (χ3v) is 2.77. The molecule has 0 aromatic heterocycles. The van der Waals surface area contributed by atoms with Crippen molar-refractivity contribution in [3.05, 3.63) is 34.9 Å². The smallest absolute Gasteiger partial charge is 0.0994 e. The maximum Gasteiger partial charge on any atom is 0.0994 e. The van der Waals surface area contributed by atoms with Gasteiger partial charge in [-0.05, 0) is 37.5 Å². The SMILES string of the molecule is CC1(C)Cc2c(C#N)cccc2CN1. The molecule has 0 aliphatic carbocycles. The van der Waals surface area contributed by atoms with Crippen LogP contribution in [-0.2, 0) is 13.0 Å². The lowest BCUT2D eigenvalue weighted by atomic mass is 9.85. The Morgan fingerprint density at radius 2 is 2.21 bits per heavy atom. The molecular weight excluding hydrogens is 172 g/mol. The summed E-state index contributed by atoms with van der Waals surface area (Å²) in [5, 5.41) is 12.4. The highest BCUT2D eigenvalue weighted by atomic mass is 15.0. The maximum absolute atomic E-state index is 8.99. The van der Waals surface area contributed by atoms with Gasteiger partial charge in [0.15, 0.2) is 0 Å². The van der Waals surface area contributed by atoms with Crippen LogP contribution < -0.4 is 5.32 Å². The zero-order valence-corrected chi connectivity index (χ0v) is 8.59. The van der Waals surface area contributed by atoms with E-state index in [1.165, 1.54) is 11.1 Å². The monoisotopic (exact) mass is 186 g/mol. The number of benzene rings is 1. The Labute approximate surface area is 84.6 Å². The molecule has 0 saturated carbocycles. The molecule has 1 N–H and O–H groups in total. The van der Waals surface area contributed by atoms with Crippen LogP contribution in [0.2, 0.25) is 0 Å². The second-order valence-corrected chi connectivity index (χ2v) is 4.47. The largest absolute Gasteiger partial charge is 0.307 e. The molecule has 1 aliphatic heterocycles. The number of nitrogens with one attached hydrogen (secondary N) is 1. The summed E-state index contributed by atoms with van der Waals surface area (Å²) < 4.78 is 0. The van der Waals surface area contributed by atoms with Crippen LogP contribution in [0.3, 0.4) is 0 Å². The van der Waals surface area contributed by atoms with Crippen LogP contribution in [0.4, 0.5) is 0 Å². The highest BCUT2D eigenvalue weighted by Gasteiger charge is 2.25. The molecule has 2 nitrogen and oxygen atoms in total. The zero-order chi connectivity index (χ0) is 10.2. The molecule has 72 valence electrons. The van der Waals surface area contributed by atoms with Crippen molar-refractivity contribution in [3.63, 3.8) is 0 Å². The predicted molar refractivity (Wildman–Crippen MR) is 55.8 cm³/mol. The molecule has 0 bridgehead atoms. The van der Waals surface area contributed by atoms with Crippen LogP contribution in [0.15, 0.2) is 18.2 Å². The van der Waals surface area contributed by atoms with Crippen molar-refractivity contribution in [2.24, 2.45) is 0 Å². The normalized spacial score (nSPS) is 18.4. The van der Waals surface area contributed by atoms with E-state index in [-0.39, 0.29) is 5.54 Å². The standard InChI is InChI=1S/C12H14N2/c1-12(2)6-11-9(7-13)4-3-5-10(11)8-14-12/h3-5,14H,6,8H2,1-2H3. The van der Waals surface area contributed by atoms with Crippen LogP contribution in [0, 0.1) is 11.3 Å². The Morgan fingerprint density at radius 3 is 2.93 bits per heavy atom. The van der Waals surface area contributed by atoms with Crippen LogP contribution in [0.1, 0.15) is 30.5 Å². The molecule has 0 fully saturated rings. The molecule has 1 aliphatic rings. The van der Waals surface area contributed by atoms with Crippen molar-refractivity contribution in [1.29, 1.82) is 5.26 Å². The third kappa shape index (κ3) is 1.51. The highest BCUT2D eigenvalue weighted by molar-refractivity contribution is 5.45. The first kappa shape index (κ1) is 9.23. The lowest BCUT2D eigenvalue weighted by Gasteiger charge is -2.33. The van der Waals surface area contributed by atoms with E-state index < -0.39 is 0 Å². The van der Waals surface area contributed by atoms with Gasteiger partial charge in [-0.25, -0.2) is 0 Å². The predicted octanol–water partition coefficient (Wildman–Crippen LogP) is 1.98. The number of rotatable bonds is 0. The van der Waals surface area contributed by atoms with Gasteiger partial charge in [-0.1, -0.05) is 12.1 Å². The minimum Gasteiger partial charge on any atom is -0.307 e. The van der Waals surface area contributed by atoms with Gasteiger partial charge in [0.05, 0.1) is 11.6 Å². The number of fused-ring (bicyclic) bond motifs is 1. The molecule has 0 spiro atoms. The topological polar surface area (TPSA) is 35.8 Å². The molecule has 2 rings (SSSR count). The van der Waals surface area contributed by atoms with E-state index in [9.17, 15) is 0 Å². The molecule has 1 heterocycles. The lowest BCUT2D eigenvalue weighted by Crippen LogP contribution is -2.44. The summed E-state index contributed by atoms with van der Waals surface area (Å²) in [6.07, 6.45) is 0.937. The fraction of sp³-hybridized carbons (Fsp3) is 0.417. The second-order valence-electron chi connectivity index (χ2n) is 4.47. The number of hydrogen-bond acceptors (Lipinski definition) is 2. The molecule has 1 aromatic rings.